The molecule has 2 N–H and O–H groups in total. The molecule has 3 atom stereocenters. The van der Waals surface area contributed by atoms with E-state index in [9.17, 15) is 9.90 Å². The van der Waals surface area contributed by atoms with Crippen LogP contribution in [-0.2, 0) is 4.79 Å². The smallest absolute Gasteiger partial charge is 0.239 e. The van der Waals surface area contributed by atoms with E-state index in [2.05, 4.69) is 5.32 Å². The highest BCUT2D eigenvalue weighted by Crippen LogP contribution is 2.29. The van der Waals surface area contributed by atoms with Crippen molar-refractivity contribution in [2.24, 2.45) is 11.8 Å². The fourth-order valence-corrected chi connectivity index (χ4v) is 3.77. The zero-order valence-electron chi connectivity index (χ0n) is 13.5. The highest BCUT2D eigenvalue weighted by Gasteiger charge is 2.26. The third kappa shape index (κ3) is 4.96. The molecule has 1 heterocycles. The Morgan fingerprint density at radius 2 is 1.71 bits per heavy atom. The average Bonchev–Trinajstić information content (AvgIpc) is 2.81. The maximum absolute atomic E-state index is 12.5. The van der Waals surface area contributed by atoms with E-state index in [4.69, 9.17) is 0 Å². The van der Waals surface area contributed by atoms with E-state index >= 15 is 0 Å². The van der Waals surface area contributed by atoms with Crippen molar-refractivity contribution in [1.82, 2.24) is 10.2 Å². The SMILES string of the molecule is CC(NCC1CCCCC1CO)C(=O)N1CCCCCC1. The van der Waals surface area contributed by atoms with E-state index in [0.29, 0.717) is 18.4 Å². The molecule has 0 radical (unpaired) electrons. The number of nitrogens with one attached hydrogen (secondary N) is 1. The van der Waals surface area contributed by atoms with Crippen molar-refractivity contribution in [2.45, 2.75) is 64.3 Å². The van der Waals surface area contributed by atoms with E-state index in [1.165, 1.54) is 32.1 Å². The van der Waals surface area contributed by atoms with Crippen molar-refractivity contribution < 1.29 is 9.90 Å². The highest BCUT2D eigenvalue weighted by atomic mass is 16.3. The van der Waals surface area contributed by atoms with Gasteiger partial charge < -0.3 is 15.3 Å². The summed E-state index contributed by atoms with van der Waals surface area (Å²) in [6.45, 7) is 5.00. The van der Waals surface area contributed by atoms with Crippen LogP contribution in [0.4, 0.5) is 0 Å². The lowest BCUT2D eigenvalue weighted by Gasteiger charge is -2.32. The Labute approximate surface area is 129 Å². The number of carbonyl (C=O) groups excluding carboxylic acids is 1. The van der Waals surface area contributed by atoms with Gasteiger partial charge in [0, 0.05) is 19.7 Å². The van der Waals surface area contributed by atoms with Gasteiger partial charge in [0.1, 0.15) is 0 Å². The van der Waals surface area contributed by atoms with Crippen molar-refractivity contribution in [1.29, 1.82) is 0 Å². The van der Waals surface area contributed by atoms with Gasteiger partial charge in [-0.1, -0.05) is 25.7 Å². The van der Waals surface area contributed by atoms with Crippen LogP contribution < -0.4 is 5.32 Å². The Balaban J connectivity index is 1.77. The lowest BCUT2D eigenvalue weighted by molar-refractivity contribution is -0.133. The molecule has 0 bridgehead atoms. The number of nitrogens with zero attached hydrogens (tertiary/aromatic N) is 1. The van der Waals surface area contributed by atoms with Crippen LogP contribution in [0, 0.1) is 11.8 Å². The fraction of sp³-hybridized carbons (Fsp3) is 0.941. The molecule has 1 amide bonds. The molecule has 1 saturated heterocycles. The van der Waals surface area contributed by atoms with Crippen molar-refractivity contribution >= 4 is 5.91 Å². The lowest BCUT2D eigenvalue weighted by Crippen LogP contribution is -2.47. The molecule has 4 nitrogen and oxygen atoms in total. The Morgan fingerprint density at radius 3 is 2.33 bits per heavy atom. The summed E-state index contributed by atoms with van der Waals surface area (Å²) in [5, 5.41) is 12.9. The van der Waals surface area contributed by atoms with Gasteiger partial charge in [0.05, 0.1) is 6.04 Å². The number of rotatable bonds is 5. The zero-order chi connectivity index (χ0) is 15.1. The van der Waals surface area contributed by atoms with Gasteiger partial charge >= 0.3 is 0 Å². The number of amides is 1. The van der Waals surface area contributed by atoms with Gasteiger partial charge in [0.2, 0.25) is 5.91 Å². The first-order chi connectivity index (χ1) is 10.2. The number of aliphatic hydroxyl groups excluding tert-OH is 1. The van der Waals surface area contributed by atoms with Crippen LogP contribution in [0.3, 0.4) is 0 Å². The molecule has 1 aliphatic carbocycles. The van der Waals surface area contributed by atoms with Crippen molar-refractivity contribution in [3.8, 4) is 0 Å². The van der Waals surface area contributed by atoms with Crippen LogP contribution in [-0.4, -0.2) is 48.2 Å². The molecular weight excluding hydrogens is 264 g/mol. The summed E-state index contributed by atoms with van der Waals surface area (Å²) in [5.41, 5.74) is 0. The molecule has 2 aliphatic rings. The van der Waals surface area contributed by atoms with E-state index in [1.807, 2.05) is 11.8 Å². The number of carbonyl (C=O) groups is 1. The standard InChI is InChI=1S/C17H32N2O2/c1-14(17(21)19-10-6-2-3-7-11-19)18-12-15-8-4-5-9-16(15)13-20/h14-16,18,20H,2-13H2,1H3. The van der Waals surface area contributed by atoms with Gasteiger partial charge in [-0.3, -0.25) is 4.79 Å². The highest BCUT2D eigenvalue weighted by molar-refractivity contribution is 5.81. The van der Waals surface area contributed by atoms with Gasteiger partial charge in [-0.25, -0.2) is 0 Å². The second-order valence-electron chi connectivity index (χ2n) is 6.86. The minimum Gasteiger partial charge on any atom is -0.396 e. The molecule has 1 saturated carbocycles. The second-order valence-corrected chi connectivity index (χ2v) is 6.86. The first-order valence-electron chi connectivity index (χ1n) is 8.85. The number of likely N-dealkylation sites (tertiary alicyclic amines) is 1. The Morgan fingerprint density at radius 1 is 1.10 bits per heavy atom. The van der Waals surface area contributed by atoms with Crippen LogP contribution in [0.2, 0.25) is 0 Å². The molecule has 3 unspecified atom stereocenters. The minimum atomic E-state index is -0.0932. The lowest BCUT2D eigenvalue weighted by atomic mass is 9.79. The Bertz CT molecular complexity index is 314. The number of hydrogen-bond acceptors (Lipinski definition) is 3. The third-order valence-electron chi connectivity index (χ3n) is 5.28. The second kappa shape index (κ2) is 8.74. The summed E-state index contributed by atoms with van der Waals surface area (Å²) in [6, 6.07) is -0.0932. The predicted molar refractivity (Wildman–Crippen MR) is 85.0 cm³/mol. The molecule has 122 valence electrons. The Kier molecular flexibility index (Phi) is 6.97. The maximum atomic E-state index is 12.5. The number of aliphatic hydroxyl groups is 1. The van der Waals surface area contributed by atoms with Gasteiger partial charge in [0.15, 0.2) is 0 Å². The largest absolute Gasteiger partial charge is 0.396 e. The van der Waals surface area contributed by atoms with E-state index < -0.39 is 0 Å². The minimum absolute atomic E-state index is 0.0932. The molecule has 0 aromatic rings. The molecule has 2 fully saturated rings. The summed E-state index contributed by atoms with van der Waals surface area (Å²) in [7, 11) is 0. The van der Waals surface area contributed by atoms with Crippen LogP contribution >= 0.6 is 0 Å². The van der Waals surface area contributed by atoms with E-state index in [1.54, 1.807) is 0 Å². The molecular formula is C17H32N2O2. The maximum Gasteiger partial charge on any atom is 0.239 e. The van der Waals surface area contributed by atoms with Crippen LogP contribution in [0.1, 0.15) is 58.3 Å². The van der Waals surface area contributed by atoms with Gasteiger partial charge in [-0.15, -0.1) is 0 Å². The first-order valence-corrected chi connectivity index (χ1v) is 8.85. The van der Waals surface area contributed by atoms with Crippen molar-refractivity contribution in [2.75, 3.05) is 26.2 Å². The van der Waals surface area contributed by atoms with Crippen LogP contribution in [0.15, 0.2) is 0 Å². The summed E-state index contributed by atoms with van der Waals surface area (Å²) in [5.74, 6) is 1.21. The van der Waals surface area contributed by atoms with Crippen LogP contribution in [0.25, 0.3) is 0 Å². The molecule has 1 aliphatic heterocycles. The summed E-state index contributed by atoms with van der Waals surface area (Å²) >= 11 is 0. The van der Waals surface area contributed by atoms with E-state index in [0.717, 1.165) is 38.9 Å². The van der Waals surface area contributed by atoms with Crippen molar-refractivity contribution in [3.05, 3.63) is 0 Å². The van der Waals surface area contributed by atoms with Crippen LogP contribution in [0.5, 0.6) is 0 Å². The summed E-state index contributed by atoms with van der Waals surface area (Å²) in [6.07, 6.45) is 9.63. The van der Waals surface area contributed by atoms with Crippen molar-refractivity contribution in [3.63, 3.8) is 0 Å². The first kappa shape index (κ1) is 16.8. The summed E-state index contributed by atoms with van der Waals surface area (Å²) in [4.78, 5) is 14.5. The number of hydrogen-bond donors (Lipinski definition) is 2. The molecule has 0 spiro atoms. The molecule has 21 heavy (non-hydrogen) atoms. The summed E-state index contributed by atoms with van der Waals surface area (Å²) < 4.78 is 0. The molecule has 0 aromatic heterocycles. The Hall–Kier alpha value is -0.610. The molecule has 2 rings (SSSR count). The molecule has 0 aromatic carbocycles. The topological polar surface area (TPSA) is 52.6 Å². The zero-order valence-corrected chi connectivity index (χ0v) is 13.5. The molecule has 4 heteroatoms. The van der Waals surface area contributed by atoms with Gasteiger partial charge in [-0.05, 0) is 51.0 Å². The normalized spacial score (nSPS) is 29.0. The quantitative estimate of drug-likeness (QED) is 0.817. The third-order valence-corrected chi connectivity index (χ3v) is 5.28. The fourth-order valence-electron chi connectivity index (χ4n) is 3.77. The average molecular weight is 296 g/mol. The van der Waals surface area contributed by atoms with E-state index in [-0.39, 0.29) is 11.9 Å². The van der Waals surface area contributed by atoms with Gasteiger partial charge in [0.25, 0.3) is 0 Å². The monoisotopic (exact) mass is 296 g/mol. The van der Waals surface area contributed by atoms with Gasteiger partial charge in [-0.2, -0.15) is 0 Å². The predicted octanol–water partition coefficient (Wildman–Crippen LogP) is 2.17.